The summed E-state index contributed by atoms with van der Waals surface area (Å²) in [4.78, 5) is 12.9. The Balaban J connectivity index is 2.07. The Bertz CT molecular complexity index is 932. The molecule has 0 aliphatic rings. The maximum absolute atomic E-state index is 13.9. The first-order valence-corrected chi connectivity index (χ1v) is 9.77. The van der Waals surface area contributed by atoms with Gasteiger partial charge in [0.2, 0.25) is 0 Å². The van der Waals surface area contributed by atoms with E-state index in [1.165, 1.54) is 0 Å². The number of nitrogens with zero attached hydrogens (tertiary/aromatic N) is 1. The predicted octanol–water partition coefficient (Wildman–Crippen LogP) is 3.76. The van der Waals surface area contributed by atoms with Crippen molar-refractivity contribution in [1.82, 2.24) is 0 Å². The first kappa shape index (κ1) is 16.9. The Morgan fingerprint density at radius 1 is 0.800 bits per heavy atom. The Morgan fingerprint density at radius 3 is 1.80 bits per heavy atom. The lowest BCUT2D eigenvalue weighted by atomic mass is 10.1. The predicted molar refractivity (Wildman–Crippen MR) is 100 cm³/mol. The molecule has 0 N–H and O–H groups in total. The first-order chi connectivity index (χ1) is 12.1. The minimum atomic E-state index is -3.13. The van der Waals surface area contributed by atoms with Gasteiger partial charge >= 0.3 is 0 Å². The van der Waals surface area contributed by atoms with E-state index in [4.69, 9.17) is 0 Å². The third-order valence-electron chi connectivity index (χ3n) is 4.06. The lowest BCUT2D eigenvalue weighted by molar-refractivity contribution is 0.102. The topological polar surface area (TPSA) is 57.9 Å². The summed E-state index contributed by atoms with van der Waals surface area (Å²) in [5.74, 6) is -0.284. The van der Waals surface area contributed by atoms with E-state index < -0.39 is 7.14 Å². The Labute approximate surface area is 146 Å². The molecule has 0 fully saturated rings. The van der Waals surface area contributed by atoms with E-state index >= 15 is 0 Å². The van der Waals surface area contributed by atoms with Gasteiger partial charge in [-0.3, -0.25) is 4.79 Å². The molecule has 0 unspecified atom stereocenters. The molecule has 0 atom stereocenters. The van der Waals surface area contributed by atoms with Crippen LogP contribution < -0.4 is 10.6 Å². The van der Waals surface area contributed by atoms with Gasteiger partial charge in [-0.25, -0.2) is 0 Å². The standard InChI is InChI=1S/C21H16NO2P/c22-15-17-9-7-8-14-20(17)21(23)16-25(24,18-10-3-1-4-11-18)19-12-5-2-6-13-19/h1-14H,16H2. The molecule has 0 aliphatic carbocycles. The second-order valence-corrected chi connectivity index (χ2v) is 8.48. The van der Waals surface area contributed by atoms with Crippen LogP contribution in [0, 0.1) is 11.3 Å². The van der Waals surface area contributed by atoms with Crippen molar-refractivity contribution in [2.45, 2.75) is 0 Å². The third-order valence-corrected chi connectivity index (χ3v) is 7.06. The highest BCUT2D eigenvalue weighted by atomic mass is 31.2. The molecule has 0 saturated heterocycles. The third kappa shape index (κ3) is 3.45. The zero-order valence-corrected chi connectivity index (χ0v) is 14.4. The molecular weight excluding hydrogens is 329 g/mol. The number of hydrogen-bond donors (Lipinski definition) is 0. The molecule has 3 aromatic rings. The first-order valence-electron chi connectivity index (χ1n) is 7.88. The molecule has 3 nitrogen and oxygen atoms in total. The molecule has 0 saturated carbocycles. The summed E-state index contributed by atoms with van der Waals surface area (Å²) in [6.07, 6.45) is -0.139. The Hall–Kier alpha value is -2.95. The molecule has 122 valence electrons. The van der Waals surface area contributed by atoms with Gasteiger partial charge in [0.1, 0.15) is 0 Å². The number of ketones is 1. The zero-order valence-electron chi connectivity index (χ0n) is 13.5. The average Bonchev–Trinajstić information content (AvgIpc) is 2.69. The van der Waals surface area contributed by atoms with Gasteiger partial charge in [0.25, 0.3) is 0 Å². The van der Waals surface area contributed by atoms with Crippen molar-refractivity contribution >= 4 is 23.5 Å². The van der Waals surface area contributed by atoms with E-state index in [0.29, 0.717) is 21.7 Å². The lowest BCUT2D eigenvalue weighted by Gasteiger charge is -2.19. The van der Waals surface area contributed by atoms with Gasteiger partial charge in [-0.05, 0) is 6.07 Å². The van der Waals surface area contributed by atoms with Crippen LogP contribution >= 0.6 is 7.14 Å². The SMILES string of the molecule is N#Cc1ccccc1C(=O)CP(=O)(c1ccccc1)c1ccccc1. The Kier molecular flexibility index (Phi) is 4.93. The summed E-state index contributed by atoms with van der Waals surface area (Å²) in [5, 5.41) is 10.5. The fraction of sp³-hybridized carbons (Fsp3) is 0.0476. The summed E-state index contributed by atoms with van der Waals surface area (Å²) in [6.45, 7) is 0. The van der Waals surface area contributed by atoms with Crippen molar-refractivity contribution in [2.24, 2.45) is 0 Å². The summed E-state index contributed by atoms with van der Waals surface area (Å²) >= 11 is 0. The van der Waals surface area contributed by atoms with Crippen molar-refractivity contribution in [3.05, 3.63) is 96.1 Å². The molecule has 3 rings (SSSR count). The summed E-state index contributed by atoms with van der Waals surface area (Å²) < 4.78 is 13.9. The normalized spacial score (nSPS) is 10.8. The van der Waals surface area contributed by atoms with E-state index in [1.54, 1.807) is 48.5 Å². The van der Waals surface area contributed by atoms with Crippen LogP contribution in [0.3, 0.4) is 0 Å². The molecule has 0 amide bonds. The van der Waals surface area contributed by atoms with E-state index in [1.807, 2.05) is 42.5 Å². The summed E-state index contributed by atoms with van der Waals surface area (Å²) in [6, 6.07) is 26.8. The van der Waals surface area contributed by atoms with E-state index in [9.17, 15) is 14.6 Å². The van der Waals surface area contributed by atoms with E-state index in [2.05, 4.69) is 0 Å². The van der Waals surface area contributed by atoms with Crippen LogP contribution in [0.1, 0.15) is 15.9 Å². The highest BCUT2D eigenvalue weighted by molar-refractivity contribution is 7.79. The second-order valence-electron chi connectivity index (χ2n) is 5.65. The molecule has 0 spiro atoms. The van der Waals surface area contributed by atoms with Gasteiger partial charge in [-0.15, -0.1) is 0 Å². The maximum atomic E-state index is 13.9. The second kappa shape index (κ2) is 7.30. The molecule has 0 aromatic heterocycles. The van der Waals surface area contributed by atoms with Crippen LogP contribution in [-0.4, -0.2) is 11.9 Å². The van der Waals surface area contributed by atoms with Crippen LogP contribution in [0.5, 0.6) is 0 Å². The fourth-order valence-corrected chi connectivity index (χ4v) is 5.33. The average molecular weight is 345 g/mol. The molecule has 0 radical (unpaired) electrons. The van der Waals surface area contributed by atoms with Gasteiger partial charge in [0, 0.05) is 16.2 Å². The van der Waals surface area contributed by atoms with Crippen molar-refractivity contribution in [3.8, 4) is 6.07 Å². The smallest absolute Gasteiger partial charge is 0.172 e. The molecule has 0 bridgehead atoms. The van der Waals surface area contributed by atoms with Crippen molar-refractivity contribution in [2.75, 3.05) is 6.16 Å². The van der Waals surface area contributed by atoms with Crippen LogP contribution in [0.2, 0.25) is 0 Å². The summed E-state index contributed by atoms with van der Waals surface area (Å²) in [7, 11) is -3.13. The van der Waals surface area contributed by atoms with Gasteiger partial charge in [-0.2, -0.15) is 5.26 Å². The highest BCUT2D eigenvalue weighted by Gasteiger charge is 2.31. The fourth-order valence-electron chi connectivity index (χ4n) is 2.78. The number of carbonyl (C=O) groups excluding carboxylic acids is 1. The van der Waals surface area contributed by atoms with Gasteiger partial charge < -0.3 is 4.57 Å². The highest BCUT2D eigenvalue weighted by Crippen LogP contribution is 2.43. The molecule has 0 heterocycles. The Morgan fingerprint density at radius 2 is 1.28 bits per heavy atom. The van der Waals surface area contributed by atoms with Crippen LogP contribution in [0.15, 0.2) is 84.9 Å². The van der Waals surface area contributed by atoms with Crippen molar-refractivity contribution in [3.63, 3.8) is 0 Å². The van der Waals surface area contributed by atoms with Crippen LogP contribution in [-0.2, 0) is 4.57 Å². The maximum Gasteiger partial charge on any atom is 0.172 e. The van der Waals surface area contributed by atoms with Crippen LogP contribution in [0.25, 0.3) is 0 Å². The summed E-state index contributed by atoms with van der Waals surface area (Å²) in [5.41, 5.74) is 0.622. The van der Waals surface area contributed by atoms with E-state index in [-0.39, 0.29) is 11.9 Å². The van der Waals surface area contributed by atoms with Gasteiger partial charge in [-0.1, -0.05) is 78.9 Å². The molecule has 3 aromatic carbocycles. The minimum Gasteiger partial charge on any atom is -0.313 e. The monoisotopic (exact) mass is 345 g/mol. The number of carbonyl (C=O) groups is 1. The minimum absolute atomic E-state index is 0.139. The van der Waals surface area contributed by atoms with Gasteiger partial charge in [0.05, 0.1) is 17.8 Å². The molecular formula is C21H16NO2P. The lowest BCUT2D eigenvalue weighted by Crippen LogP contribution is -2.22. The van der Waals surface area contributed by atoms with Gasteiger partial charge in [0.15, 0.2) is 12.9 Å². The van der Waals surface area contributed by atoms with Crippen LogP contribution in [0.4, 0.5) is 0 Å². The number of nitriles is 1. The zero-order chi connectivity index (χ0) is 17.7. The number of benzene rings is 3. The molecule has 4 heteroatoms. The molecule has 25 heavy (non-hydrogen) atoms. The number of Topliss-reactive ketones (excluding diaryl/α,β-unsaturated/α-hetero) is 1. The largest absolute Gasteiger partial charge is 0.313 e. The van der Waals surface area contributed by atoms with E-state index in [0.717, 1.165) is 0 Å². The van der Waals surface area contributed by atoms with Crippen molar-refractivity contribution < 1.29 is 9.36 Å². The quantitative estimate of drug-likeness (QED) is 0.523. The number of hydrogen-bond acceptors (Lipinski definition) is 3. The van der Waals surface area contributed by atoms with Crippen molar-refractivity contribution in [1.29, 1.82) is 5.26 Å². The number of rotatable bonds is 5. The molecule has 0 aliphatic heterocycles.